The number of hydrogen-bond donors (Lipinski definition) is 4. The van der Waals surface area contributed by atoms with Gasteiger partial charge in [-0.2, -0.15) is 16.8 Å². The predicted octanol–water partition coefficient (Wildman–Crippen LogP) is 0.0233. The Kier molecular flexibility index (Phi) is 19.4. The van der Waals surface area contributed by atoms with Gasteiger partial charge in [-0.05, 0) is 44.4 Å². The molecule has 0 aromatic heterocycles. The second-order valence-corrected chi connectivity index (χ2v) is 6.95. The van der Waals surface area contributed by atoms with Gasteiger partial charge in [-0.1, -0.05) is 5.11 Å². The highest BCUT2D eigenvalue weighted by Crippen LogP contribution is 1.87. The van der Waals surface area contributed by atoms with E-state index in [0.29, 0.717) is 19.1 Å². The summed E-state index contributed by atoms with van der Waals surface area (Å²) >= 11 is 0. The monoisotopic (exact) mass is 363 g/mol. The van der Waals surface area contributed by atoms with E-state index in [1.165, 1.54) is 0 Å². The molecule has 0 amide bonds. The largest absolute Gasteiger partial charge is 0.330 e. The van der Waals surface area contributed by atoms with Crippen LogP contribution in [0.1, 0.15) is 19.3 Å². The van der Waals surface area contributed by atoms with Gasteiger partial charge in [-0.15, -0.1) is 0 Å². The molecule has 0 fully saturated rings. The van der Waals surface area contributed by atoms with Crippen LogP contribution in [0.2, 0.25) is 0 Å². The maximum Gasteiger partial charge on any atom is 0.261 e. The summed E-state index contributed by atoms with van der Waals surface area (Å²) < 4.78 is 51.7. The first-order valence-electron chi connectivity index (χ1n) is 6.18. The zero-order valence-corrected chi connectivity index (χ0v) is 14.3. The van der Waals surface area contributed by atoms with Crippen LogP contribution < -0.4 is 11.1 Å². The molecular weight excluding hydrogens is 338 g/mol. The quantitative estimate of drug-likeness (QED) is 0.152. The van der Waals surface area contributed by atoms with Gasteiger partial charge in [-0.3, -0.25) is 9.11 Å². The van der Waals surface area contributed by atoms with E-state index in [1.807, 2.05) is 0 Å². The van der Waals surface area contributed by atoms with Crippen molar-refractivity contribution in [3.63, 3.8) is 0 Å². The van der Waals surface area contributed by atoms with E-state index in [2.05, 4.69) is 15.3 Å². The van der Waals surface area contributed by atoms with Crippen molar-refractivity contribution in [2.24, 2.45) is 10.8 Å². The maximum atomic E-state index is 9.19. The molecule has 0 aromatic rings. The van der Waals surface area contributed by atoms with E-state index in [0.717, 1.165) is 38.9 Å². The summed E-state index contributed by atoms with van der Waals surface area (Å²) in [6.45, 7) is 3.32. The van der Waals surface area contributed by atoms with Gasteiger partial charge in [-0.25, -0.2) is 0 Å². The number of nitrogens with one attached hydrogen (secondary N) is 1. The lowest BCUT2D eigenvalue weighted by atomic mass is 10.3. The van der Waals surface area contributed by atoms with Crippen LogP contribution >= 0.6 is 0 Å². The van der Waals surface area contributed by atoms with E-state index < -0.39 is 20.2 Å². The summed E-state index contributed by atoms with van der Waals surface area (Å²) in [7, 11) is -7.33. The Labute approximate surface area is 131 Å². The molecule has 0 aromatic carbocycles. The number of hydrogen-bond acceptors (Lipinski definition) is 7. The van der Waals surface area contributed by atoms with Gasteiger partial charge in [0.1, 0.15) is 0 Å². The summed E-state index contributed by atoms with van der Waals surface area (Å²) in [6, 6.07) is 0. The van der Waals surface area contributed by atoms with Crippen molar-refractivity contribution in [3.05, 3.63) is 10.4 Å². The molecule has 22 heavy (non-hydrogen) atoms. The first-order valence-corrected chi connectivity index (χ1v) is 9.88. The van der Waals surface area contributed by atoms with Crippen molar-refractivity contribution < 1.29 is 25.9 Å². The van der Waals surface area contributed by atoms with Crippen LogP contribution in [0, 0.1) is 0 Å². The lowest BCUT2D eigenvalue weighted by Gasteiger charge is -2.01. The summed E-state index contributed by atoms with van der Waals surface area (Å²) in [5.41, 5.74) is 13.3. The minimum absolute atomic E-state index is 0.606. The van der Waals surface area contributed by atoms with Crippen LogP contribution in [0.25, 0.3) is 10.4 Å². The zero-order chi connectivity index (χ0) is 18.1. The third kappa shape index (κ3) is 95.8. The van der Waals surface area contributed by atoms with Crippen LogP contribution in [0.4, 0.5) is 0 Å². The van der Waals surface area contributed by atoms with E-state index >= 15 is 0 Å². The molecule has 0 saturated carbocycles. The van der Waals surface area contributed by atoms with E-state index in [-0.39, 0.29) is 0 Å². The third-order valence-electron chi connectivity index (χ3n) is 1.48. The highest BCUT2D eigenvalue weighted by Gasteiger charge is 1.87. The average Bonchev–Trinajstić information content (AvgIpc) is 2.28. The van der Waals surface area contributed by atoms with Gasteiger partial charge < -0.3 is 11.1 Å². The lowest BCUT2D eigenvalue weighted by Crippen LogP contribution is -2.19. The Morgan fingerprint density at radius 2 is 1.45 bits per heavy atom. The topological polar surface area (TPSA) is 196 Å². The molecule has 0 radical (unpaired) electrons. The molecule has 0 rings (SSSR count). The molecule has 0 aliphatic carbocycles. The van der Waals surface area contributed by atoms with Crippen LogP contribution in [0.15, 0.2) is 5.11 Å². The van der Waals surface area contributed by atoms with Crippen molar-refractivity contribution in [2.45, 2.75) is 19.3 Å². The van der Waals surface area contributed by atoms with Gasteiger partial charge in [0.05, 0.1) is 12.5 Å². The Balaban J connectivity index is -0.000000298. The maximum absolute atomic E-state index is 9.19. The number of azide groups is 1. The third-order valence-corrected chi connectivity index (χ3v) is 1.48. The van der Waals surface area contributed by atoms with Gasteiger partial charge in [0.2, 0.25) is 0 Å². The molecule has 11 nitrogen and oxygen atoms in total. The zero-order valence-electron chi connectivity index (χ0n) is 12.7. The van der Waals surface area contributed by atoms with Crippen molar-refractivity contribution in [3.8, 4) is 0 Å². The van der Waals surface area contributed by atoms with E-state index in [4.69, 9.17) is 20.4 Å². The lowest BCUT2D eigenvalue weighted by molar-refractivity contribution is 0.488. The molecule has 0 aliphatic heterocycles. The fraction of sp³-hybridized carbons (Fsp3) is 1.00. The summed E-state index contributed by atoms with van der Waals surface area (Å²) in [4.78, 5) is 2.67. The Bertz CT molecular complexity index is 441. The molecule has 0 unspecified atom stereocenters. The smallest absolute Gasteiger partial charge is 0.261 e. The summed E-state index contributed by atoms with van der Waals surface area (Å²) in [6.07, 6.45) is 4.47. The molecule has 0 heterocycles. The average molecular weight is 363 g/mol. The van der Waals surface area contributed by atoms with Crippen molar-refractivity contribution in [2.75, 3.05) is 38.7 Å². The Hall–Kier alpha value is -0.950. The van der Waals surface area contributed by atoms with Gasteiger partial charge in [0, 0.05) is 11.5 Å². The highest BCUT2D eigenvalue weighted by atomic mass is 32.2. The van der Waals surface area contributed by atoms with Crippen molar-refractivity contribution in [1.82, 2.24) is 5.32 Å². The van der Waals surface area contributed by atoms with Crippen LogP contribution in [-0.4, -0.2) is 64.6 Å². The normalized spacial score (nSPS) is 10.4. The molecule has 134 valence electrons. The summed E-state index contributed by atoms with van der Waals surface area (Å²) in [5.74, 6) is 0. The molecule has 0 atom stereocenters. The molecule has 0 saturated heterocycles. The van der Waals surface area contributed by atoms with E-state index in [1.54, 1.807) is 0 Å². The van der Waals surface area contributed by atoms with Gasteiger partial charge >= 0.3 is 0 Å². The first-order chi connectivity index (χ1) is 9.91. The molecule has 0 spiro atoms. The molecular formula is C9H25N5O6S2. The second kappa shape index (κ2) is 16.4. The number of unbranched alkanes of at least 4 members (excludes halogenated alkanes) is 1. The fourth-order valence-electron chi connectivity index (χ4n) is 0.829. The van der Waals surface area contributed by atoms with Gasteiger partial charge in [0.25, 0.3) is 20.2 Å². The number of rotatable bonds is 8. The molecule has 0 aliphatic rings. The minimum atomic E-state index is -3.67. The van der Waals surface area contributed by atoms with Crippen LogP contribution in [0.3, 0.4) is 0 Å². The van der Waals surface area contributed by atoms with Crippen LogP contribution in [0.5, 0.6) is 0 Å². The van der Waals surface area contributed by atoms with Gasteiger partial charge in [0.15, 0.2) is 0 Å². The van der Waals surface area contributed by atoms with E-state index in [9.17, 15) is 16.8 Å². The minimum Gasteiger partial charge on any atom is -0.330 e. The highest BCUT2D eigenvalue weighted by molar-refractivity contribution is 7.85. The number of nitrogens with two attached hydrogens (primary N) is 1. The fourth-order valence-corrected chi connectivity index (χ4v) is 0.829. The number of nitrogens with zero attached hydrogens (tertiary/aromatic N) is 3. The van der Waals surface area contributed by atoms with Crippen molar-refractivity contribution in [1.29, 1.82) is 0 Å². The SMILES string of the molecule is CS(=O)(=O)O.CS(=O)(=O)O.[N-]=[N+]=NCCCCNCCCN. The predicted molar refractivity (Wildman–Crippen MR) is 84.7 cm³/mol. The standard InChI is InChI=1S/C7H17N5.2CH4O3S/c8-4-3-6-10-5-1-2-7-11-12-9;2*1-5(2,3)4/h10H,1-8H2;2*1H3,(H,2,3,4). The Morgan fingerprint density at radius 3 is 1.82 bits per heavy atom. The molecule has 13 heteroatoms. The Morgan fingerprint density at radius 1 is 1.05 bits per heavy atom. The van der Waals surface area contributed by atoms with Crippen molar-refractivity contribution >= 4 is 20.2 Å². The molecule has 5 N–H and O–H groups in total. The summed E-state index contributed by atoms with van der Waals surface area (Å²) in [5, 5.41) is 6.69. The van der Waals surface area contributed by atoms with Crippen LogP contribution in [-0.2, 0) is 20.2 Å². The molecule has 0 bridgehead atoms. The first kappa shape index (κ1) is 26.0. The second-order valence-electron chi connectivity index (χ2n) is 4.02.